The van der Waals surface area contributed by atoms with E-state index < -0.39 is 0 Å². The number of furan rings is 1. The highest BCUT2D eigenvalue weighted by Gasteiger charge is 2.43. The minimum absolute atomic E-state index is 0.0274. The molecule has 6 rings (SSSR count). The molecule has 2 aromatic heterocycles. The maximum Gasteiger partial charge on any atom is 0.258 e. The van der Waals surface area contributed by atoms with Crippen LogP contribution in [0.1, 0.15) is 49.0 Å². The van der Waals surface area contributed by atoms with Crippen molar-refractivity contribution in [1.29, 1.82) is 0 Å². The van der Waals surface area contributed by atoms with Crippen molar-refractivity contribution in [1.82, 2.24) is 9.55 Å². The molecule has 200 valence electrons. The zero-order valence-electron chi connectivity index (χ0n) is 21.9. The second-order valence-electron chi connectivity index (χ2n) is 10.3. The van der Waals surface area contributed by atoms with Crippen molar-refractivity contribution in [2.75, 3.05) is 18.2 Å². The maximum absolute atomic E-state index is 14.4. The summed E-state index contributed by atoms with van der Waals surface area (Å²) in [5.41, 5.74) is 4.23. The van der Waals surface area contributed by atoms with Crippen LogP contribution in [0.5, 0.6) is 5.75 Å². The van der Waals surface area contributed by atoms with Crippen LogP contribution < -0.4 is 15.6 Å². The molecule has 0 saturated heterocycles. The fourth-order valence-corrected chi connectivity index (χ4v) is 6.89. The van der Waals surface area contributed by atoms with Gasteiger partial charge in [-0.05, 0) is 49.1 Å². The Morgan fingerprint density at radius 2 is 1.87 bits per heavy atom. The summed E-state index contributed by atoms with van der Waals surface area (Å²) in [5.74, 6) is 1.15. The largest absolute Gasteiger partial charge is 0.495 e. The van der Waals surface area contributed by atoms with Gasteiger partial charge in [0, 0.05) is 11.0 Å². The van der Waals surface area contributed by atoms with Gasteiger partial charge in [-0.3, -0.25) is 14.2 Å². The average molecular weight is 542 g/mol. The Morgan fingerprint density at radius 1 is 1.08 bits per heavy atom. The molecule has 4 aromatic rings. The maximum atomic E-state index is 14.4. The minimum atomic E-state index is -0.207. The number of hydrogen-bond acceptors (Lipinski definition) is 6. The summed E-state index contributed by atoms with van der Waals surface area (Å²) in [5, 5.41) is 3.42. The Bertz CT molecular complexity index is 1550. The number of carbonyl (C=O) groups is 1. The number of nitrogens with zero attached hydrogens (tertiary/aromatic N) is 2. The molecule has 1 saturated carbocycles. The average Bonchev–Trinajstić information content (AvgIpc) is 3.47. The van der Waals surface area contributed by atoms with Crippen LogP contribution in [-0.2, 0) is 23.2 Å². The number of rotatable bonds is 7. The van der Waals surface area contributed by atoms with Crippen LogP contribution in [0, 0.1) is 0 Å². The molecule has 2 heterocycles. The lowest BCUT2D eigenvalue weighted by Crippen LogP contribution is -2.43. The number of para-hydroxylation sites is 2. The number of ether oxygens (including phenoxy) is 1. The lowest BCUT2D eigenvalue weighted by Gasteiger charge is -2.42. The number of anilines is 1. The van der Waals surface area contributed by atoms with Gasteiger partial charge in [-0.25, -0.2) is 4.98 Å². The predicted octanol–water partition coefficient (Wildman–Crippen LogP) is 6.05. The first kappa shape index (κ1) is 25.5. The molecule has 0 radical (unpaired) electrons. The molecular weight excluding hydrogens is 510 g/mol. The van der Waals surface area contributed by atoms with Crippen LogP contribution in [0.15, 0.2) is 81.3 Å². The number of thioether (sulfide) groups is 1. The summed E-state index contributed by atoms with van der Waals surface area (Å²) in [4.78, 5) is 32.5. The lowest BCUT2D eigenvalue weighted by molar-refractivity contribution is -0.113. The number of nitrogens with one attached hydrogen (secondary N) is 1. The first-order valence-corrected chi connectivity index (χ1v) is 14.4. The molecule has 1 fully saturated rings. The first-order chi connectivity index (χ1) is 19.1. The summed E-state index contributed by atoms with van der Waals surface area (Å²) < 4.78 is 12.7. The first-order valence-electron chi connectivity index (χ1n) is 13.4. The van der Waals surface area contributed by atoms with Crippen molar-refractivity contribution in [3.05, 3.63) is 94.2 Å². The van der Waals surface area contributed by atoms with Gasteiger partial charge >= 0.3 is 0 Å². The zero-order valence-corrected chi connectivity index (χ0v) is 22.8. The number of fused-ring (bicyclic) bond motifs is 4. The van der Waals surface area contributed by atoms with Crippen LogP contribution in [0.4, 0.5) is 5.69 Å². The summed E-state index contributed by atoms with van der Waals surface area (Å²) in [6.07, 6.45) is 7.86. The van der Waals surface area contributed by atoms with Crippen molar-refractivity contribution < 1.29 is 13.9 Å². The van der Waals surface area contributed by atoms with E-state index in [4.69, 9.17) is 14.1 Å². The second kappa shape index (κ2) is 10.8. The number of aromatic nitrogens is 2. The predicted molar refractivity (Wildman–Crippen MR) is 153 cm³/mol. The molecule has 39 heavy (non-hydrogen) atoms. The van der Waals surface area contributed by atoms with Crippen molar-refractivity contribution in [3.8, 4) is 17.0 Å². The van der Waals surface area contributed by atoms with Crippen molar-refractivity contribution >= 4 is 23.4 Å². The van der Waals surface area contributed by atoms with E-state index in [9.17, 15) is 9.59 Å². The highest BCUT2D eigenvalue weighted by Crippen LogP contribution is 2.48. The summed E-state index contributed by atoms with van der Waals surface area (Å²) >= 11 is 1.26. The second-order valence-corrected chi connectivity index (χ2v) is 11.2. The molecule has 0 bridgehead atoms. The third kappa shape index (κ3) is 4.89. The van der Waals surface area contributed by atoms with Crippen LogP contribution in [-0.4, -0.2) is 28.3 Å². The van der Waals surface area contributed by atoms with E-state index in [1.165, 1.54) is 23.7 Å². The highest BCUT2D eigenvalue weighted by molar-refractivity contribution is 7.99. The molecule has 1 N–H and O–H groups in total. The Morgan fingerprint density at radius 3 is 2.67 bits per heavy atom. The third-order valence-electron chi connectivity index (χ3n) is 7.88. The van der Waals surface area contributed by atoms with Crippen LogP contribution in [0.2, 0.25) is 0 Å². The summed E-state index contributed by atoms with van der Waals surface area (Å²) in [6, 6.07) is 19.3. The standard InChI is InChI=1S/C31H31N3O4S/c1-37-25-14-6-5-13-24(25)32-26(35)20-39-30-33-28-23-12-4-3-10-21(23)18-31(15-7-2-8-16-31)27(28)29(36)34(30)19-22-11-9-17-38-22/h3-6,9-14,17H,2,7-8,15-16,18-20H2,1H3,(H,32,35). The minimum Gasteiger partial charge on any atom is -0.495 e. The van der Waals surface area contributed by atoms with Crippen LogP contribution in [0.3, 0.4) is 0 Å². The molecule has 2 aliphatic carbocycles. The quantitative estimate of drug-likeness (QED) is 0.226. The topological polar surface area (TPSA) is 86.4 Å². The highest BCUT2D eigenvalue weighted by atomic mass is 32.2. The van der Waals surface area contributed by atoms with E-state index >= 15 is 0 Å². The Balaban J connectivity index is 1.41. The van der Waals surface area contributed by atoms with Gasteiger partial charge in [0.05, 0.1) is 42.6 Å². The molecule has 0 atom stereocenters. The van der Waals surface area contributed by atoms with Gasteiger partial charge < -0.3 is 14.5 Å². The number of methoxy groups -OCH3 is 1. The Labute approximate surface area is 231 Å². The normalized spacial score (nSPS) is 15.4. The molecule has 2 aromatic carbocycles. The molecule has 1 spiro atoms. The Kier molecular flexibility index (Phi) is 7.04. The molecule has 8 heteroatoms. The molecular formula is C31H31N3O4S. The van der Waals surface area contributed by atoms with Gasteiger partial charge in [-0.2, -0.15) is 0 Å². The summed E-state index contributed by atoms with van der Waals surface area (Å²) in [7, 11) is 1.57. The fraction of sp³-hybridized carbons (Fsp3) is 0.323. The van der Waals surface area contributed by atoms with Crippen LogP contribution >= 0.6 is 11.8 Å². The van der Waals surface area contributed by atoms with E-state index in [-0.39, 0.29) is 29.2 Å². The fourth-order valence-electron chi connectivity index (χ4n) is 6.09. The number of carbonyl (C=O) groups excluding carboxylic acids is 1. The number of benzene rings is 2. The third-order valence-corrected chi connectivity index (χ3v) is 8.86. The molecule has 2 aliphatic rings. The van der Waals surface area contributed by atoms with Gasteiger partial charge in [0.1, 0.15) is 11.5 Å². The molecule has 0 aliphatic heterocycles. The lowest BCUT2D eigenvalue weighted by atomic mass is 9.62. The molecule has 7 nitrogen and oxygen atoms in total. The monoisotopic (exact) mass is 541 g/mol. The van der Waals surface area contributed by atoms with E-state index in [1.54, 1.807) is 30.1 Å². The van der Waals surface area contributed by atoms with Crippen molar-refractivity contribution in [3.63, 3.8) is 0 Å². The zero-order chi connectivity index (χ0) is 26.8. The van der Waals surface area contributed by atoms with Gasteiger partial charge in [-0.15, -0.1) is 0 Å². The van der Waals surface area contributed by atoms with E-state index in [0.29, 0.717) is 22.4 Å². The van der Waals surface area contributed by atoms with E-state index in [0.717, 1.165) is 48.9 Å². The van der Waals surface area contributed by atoms with Gasteiger partial charge in [0.2, 0.25) is 5.91 Å². The Hall–Kier alpha value is -3.78. The van der Waals surface area contributed by atoms with Crippen LogP contribution in [0.25, 0.3) is 11.3 Å². The van der Waals surface area contributed by atoms with E-state index in [1.807, 2.05) is 30.3 Å². The molecule has 0 unspecified atom stereocenters. The smallest absolute Gasteiger partial charge is 0.258 e. The van der Waals surface area contributed by atoms with Gasteiger partial charge in [0.25, 0.3) is 5.56 Å². The van der Waals surface area contributed by atoms with Crippen molar-refractivity contribution in [2.45, 2.75) is 55.6 Å². The SMILES string of the molecule is COc1ccccc1NC(=O)CSc1nc2c(c(=O)n1Cc1ccco1)C1(CCCCC1)Cc1ccccc1-2. The summed E-state index contributed by atoms with van der Waals surface area (Å²) in [6.45, 7) is 0.264. The number of amides is 1. The van der Waals surface area contributed by atoms with E-state index in [2.05, 4.69) is 23.5 Å². The van der Waals surface area contributed by atoms with Gasteiger partial charge in [-0.1, -0.05) is 67.4 Å². The number of hydrogen-bond donors (Lipinski definition) is 1. The molecule has 1 amide bonds. The van der Waals surface area contributed by atoms with Gasteiger partial charge in [0.15, 0.2) is 5.16 Å². The van der Waals surface area contributed by atoms with Crippen molar-refractivity contribution in [2.24, 2.45) is 0 Å².